The van der Waals surface area contributed by atoms with Gasteiger partial charge in [-0.15, -0.1) is 0 Å². The minimum atomic E-state index is 1.10. The zero-order valence-electron chi connectivity index (χ0n) is 6.72. The number of nitrogens with one attached hydrogen (secondary N) is 1. The summed E-state index contributed by atoms with van der Waals surface area (Å²) in [6, 6.07) is 6.14. The summed E-state index contributed by atoms with van der Waals surface area (Å²) in [5.41, 5.74) is 2.32. The zero-order chi connectivity index (χ0) is 8.27. The SMILES string of the molecule is CNc1ccc(C)c(SN)c1. The van der Waals surface area contributed by atoms with Crippen LogP contribution in [0.1, 0.15) is 5.56 Å². The Morgan fingerprint density at radius 2 is 2.18 bits per heavy atom. The van der Waals surface area contributed by atoms with E-state index in [1.54, 1.807) is 0 Å². The summed E-state index contributed by atoms with van der Waals surface area (Å²) in [4.78, 5) is 1.12. The molecule has 0 radical (unpaired) electrons. The molecule has 0 amide bonds. The monoisotopic (exact) mass is 168 g/mol. The topological polar surface area (TPSA) is 38.0 Å². The van der Waals surface area contributed by atoms with E-state index in [1.807, 2.05) is 19.2 Å². The molecule has 0 spiro atoms. The van der Waals surface area contributed by atoms with Crippen molar-refractivity contribution in [3.05, 3.63) is 23.8 Å². The van der Waals surface area contributed by atoms with Gasteiger partial charge in [-0.2, -0.15) is 0 Å². The van der Waals surface area contributed by atoms with E-state index in [0.717, 1.165) is 10.6 Å². The van der Waals surface area contributed by atoms with E-state index < -0.39 is 0 Å². The molecule has 0 aliphatic carbocycles. The molecule has 0 saturated heterocycles. The molecular formula is C8H12N2S. The Hall–Kier alpha value is -0.670. The molecule has 2 nitrogen and oxygen atoms in total. The van der Waals surface area contributed by atoms with Crippen molar-refractivity contribution in [2.75, 3.05) is 12.4 Å². The van der Waals surface area contributed by atoms with E-state index in [4.69, 9.17) is 5.14 Å². The van der Waals surface area contributed by atoms with Crippen molar-refractivity contribution < 1.29 is 0 Å². The van der Waals surface area contributed by atoms with Gasteiger partial charge in [-0.3, -0.25) is 5.14 Å². The van der Waals surface area contributed by atoms with Crippen molar-refractivity contribution in [3.63, 3.8) is 0 Å². The van der Waals surface area contributed by atoms with Crippen molar-refractivity contribution in [3.8, 4) is 0 Å². The van der Waals surface area contributed by atoms with E-state index in [2.05, 4.69) is 18.3 Å². The summed E-state index contributed by atoms with van der Waals surface area (Å²) in [5.74, 6) is 0. The van der Waals surface area contributed by atoms with Gasteiger partial charge in [0.2, 0.25) is 0 Å². The predicted molar refractivity (Wildman–Crippen MR) is 50.8 cm³/mol. The Balaban J connectivity index is 3.02. The molecule has 0 saturated carbocycles. The van der Waals surface area contributed by atoms with Gasteiger partial charge in [0.25, 0.3) is 0 Å². The first-order chi connectivity index (χ1) is 5.27. The highest BCUT2D eigenvalue weighted by Gasteiger charge is 1.96. The second kappa shape index (κ2) is 3.64. The summed E-state index contributed by atoms with van der Waals surface area (Å²) in [7, 11) is 1.90. The third kappa shape index (κ3) is 1.88. The summed E-state index contributed by atoms with van der Waals surface area (Å²) in [6.07, 6.45) is 0. The minimum Gasteiger partial charge on any atom is -0.388 e. The van der Waals surface area contributed by atoms with Crippen LogP contribution in [0.5, 0.6) is 0 Å². The van der Waals surface area contributed by atoms with Crippen LogP contribution in [-0.2, 0) is 0 Å². The largest absolute Gasteiger partial charge is 0.388 e. The van der Waals surface area contributed by atoms with Crippen LogP contribution in [-0.4, -0.2) is 7.05 Å². The second-order valence-electron chi connectivity index (χ2n) is 2.35. The third-order valence-electron chi connectivity index (χ3n) is 1.60. The summed E-state index contributed by atoms with van der Waals surface area (Å²) < 4.78 is 0. The van der Waals surface area contributed by atoms with Crippen molar-refractivity contribution >= 4 is 17.6 Å². The Bertz CT molecular complexity index is 248. The van der Waals surface area contributed by atoms with Crippen LogP contribution in [0.25, 0.3) is 0 Å². The van der Waals surface area contributed by atoms with Crippen molar-refractivity contribution in [1.82, 2.24) is 0 Å². The fourth-order valence-corrected chi connectivity index (χ4v) is 1.33. The highest BCUT2D eigenvalue weighted by Crippen LogP contribution is 2.21. The molecule has 0 aliphatic rings. The van der Waals surface area contributed by atoms with Gasteiger partial charge in [-0.25, -0.2) is 0 Å². The Labute approximate surface area is 71.3 Å². The van der Waals surface area contributed by atoms with Crippen LogP contribution in [0.15, 0.2) is 23.1 Å². The second-order valence-corrected chi connectivity index (χ2v) is 3.02. The van der Waals surface area contributed by atoms with E-state index in [-0.39, 0.29) is 0 Å². The first kappa shape index (κ1) is 8.43. The summed E-state index contributed by atoms with van der Waals surface area (Å²) >= 11 is 1.28. The van der Waals surface area contributed by atoms with Crippen LogP contribution in [0.4, 0.5) is 5.69 Å². The normalized spacial score (nSPS) is 9.73. The van der Waals surface area contributed by atoms with Gasteiger partial charge in [0, 0.05) is 17.6 Å². The van der Waals surface area contributed by atoms with Crippen LogP contribution >= 0.6 is 11.9 Å². The maximum Gasteiger partial charge on any atom is 0.0349 e. The molecule has 1 rings (SSSR count). The Morgan fingerprint density at radius 3 is 2.73 bits per heavy atom. The first-order valence-corrected chi connectivity index (χ1v) is 4.31. The highest BCUT2D eigenvalue weighted by atomic mass is 32.2. The van der Waals surface area contributed by atoms with Gasteiger partial charge in [-0.05, 0) is 36.6 Å². The number of hydrogen-bond acceptors (Lipinski definition) is 3. The number of rotatable bonds is 2. The van der Waals surface area contributed by atoms with Crippen molar-refractivity contribution in [2.45, 2.75) is 11.8 Å². The highest BCUT2D eigenvalue weighted by molar-refractivity contribution is 7.97. The lowest BCUT2D eigenvalue weighted by Crippen LogP contribution is -1.90. The number of hydrogen-bond donors (Lipinski definition) is 2. The molecule has 1 aromatic carbocycles. The smallest absolute Gasteiger partial charge is 0.0349 e. The molecule has 0 atom stereocenters. The van der Waals surface area contributed by atoms with Gasteiger partial charge in [0.15, 0.2) is 0 Å². The predicted octanol–water partition coefficient (Wildman–Crippen LogP) is 2.00. The molecule has 0 aliphatic heterocycles. The molecule has 0 fully saturated rings. The summed E-state index contributed by atoms with van der Waals surface area (Å²) in [6.45, 7) is 2.05. The van der Waals surface area contributed by atoms with E-state index >= 15 is 0 Å². The molecule has 0 heterocycles. The molecule has 1 aromatic rings. The fraction of sp³-hybridized carbons (Fsp3) is 0.250. The molecule has 0 unspecified atom stereocenters. The average Bonchev–Trinajstić information content (AvgIpc) is 2.05. The third-order valence-corrected chi connectivity index (χ3v) is 2.30. The van der Waals surface area contributed by atoms with E-state index in [9.17, 15) is 0 Å². The number of aryl methyl sites for hydroxylation is 1. The Kier molecular flexibility index (Phi) is 2.79. The molecular weight excluding hydrogens is 156 g/mol. The van der Waals surface area contributed by atoms with Gasteiger partial charge < -0.3 is 5.32 Å². The number of anilines is 1. The van der Waals surface area contributed by atoms with E-state index in [1.165, 1.54) is 17.5 Å². The van der Waals surface area contributed by atoms with Gasteiger partial charge in [0.05, 0.1) is 0 Å². The quantitative estimate of drug-likeness (QED) is 0.663. The lowest BCUT2D eigenvalue weighted by Gasteiger charge is -2.04. The number of nitrogens with two attached hydrogens (primary N) is 1. The van der Waals surface area contributed by atoms with Crippen LogP contribution in [0.3, 0.4) is 0 Å². The van der Waals surface area contributed by atoms with Gasteiger partial charge >= 0.3 is 0 Å². The fourth-order valence-electron chi connectivity index (χ4n) is 0.883. The molecule has 3 heteroatoms. The maximum absolute atomic E-state index is 5.46. The van der Waals surface area contributed by atoms with Gasteiger partial charge in [-0.1, -0.05) is 6.07 Å². The summed E-state index contributed by atoms with van der Waals surface area (Å²) in [5, 5.41) is 8.52. The lowest BCUT2D eigenvalue weighted by atomic mass is 10.2. The van der Waals surface area contributed by atoms with Crippen LogP contribution in [0, 0.1) is 6.92 Å². The molecule has 0 aromatic heterocycles. The molecule has 0 bridgehead atoms. The van der Waals surface area contributed by atoms with E-state index in [0.29, 0.717) is 0 Å². The van der Waals surface area contributed by atoms with Crippen LogP contribution < -0.4 is 10.5 Å². The molecule has 3 N–H and O–H groups in total. The minimum absolute atomic E-state index is 1.10. The van der Waals surface area contributed by atoms with Crippen LogP contribution in [0.2, 0.25) is 0 Å². The van der Waals surface area contributed by atoms with Crippen molar-refractivity contribution in [1.29, 1.82) is 0 Å². The zero-order valence-corrected chi connectivity index (χ0v) is 7.53. The lowest BCUT2D eigenvalue weighted by molar-refractivity contribution is 1.29. The standard InChI is InChI=1S/C8H12N2S/c1-6-3-4-7(10-2)5-8(6)11-9/h3-5,10H,9H2,1-2H3. The average molecular weight is 168 g/mol. The maximum atomic E-state index is 5.46. The van der Waals surface area contributed by atoms with Gasteiger partial charge in [0.1, 0.15) is 0 Å². The van der Waals surface area contributed by atoms with Crippen molar-refractivity contribution in [2.24, 2.45) is 5.14 Å². The number of benzene rings is 1. The molecule has 60 valence electrons. The molecule has 11 heavy (non-hydrogen) atoms. The Morgan fingerprint density at radius 1 is 1.45 bits per heavy atom. The first-order valence-electron chi connectivity index (χ1n) is 3.43.